The van der Waals surface area contributed by atoms with Crippen LogP contribution in [0.2, 0.25) is 0 Å². The Labute approximate surface area is 124 Å². The monoisotopic (exact) mass is 287 g/mol. The van der Waals surface area contributed by atoms with Gasteiger partial charge in [-0.05, 0) is 36.5 Å². The van der Waals surface area contributed by atoms with Gasteiger partial charge in [0, 0.05) is 38.3 Å². The minimum atomic E-state index is -0.0622. The van der Waals surface area contributed by atoms with Crippen molar-refractivity contribution in [3.8, 4) is 0 Å². The SMILES string of the molecule is O=C(CCNC(=O)C[C@@H]1C=CCC1)NCc1ccncc1. The van der Waals surface area contributed by atoms with Gasteiger partial charge in [-0.2, -0.15) is 0 Å². The number of aromatic nitrogens is 1. The zero-order chi connectivity index (χ0) is 14.9. The van der Waals surface area contributed by atoms with E-state index in [9.17, 15) is 9.59 Å². The van der Waals surface area contributed by atoms with Crippen molar-refractivity contribution in [2.24, 2.45) is 5.92 Å². The van der Waals surface area contributed by atoms with Gasteiger partial charge >= 0.3 is 0 Å². The number of amides is 2. The van der Waals surface area contributed by atoms with Crippen LogP contribution in [0.3, 0.4) is 0 Å². The van der Waals surface area contributed by atoms with Gasteiger partial charge in [0.05, 0.1) is 0 Å². The highest BCUT2D eigenvalue weighted by Crippen LogP contribution is 2.19. The summed E-state index contributed by atoms with van der Waals surface area (Å²) in [5.41, 5.74) is 1.01. The van der Waals surface area contributed by atoms with Crippen LogP contribution in [0.1, 0.15) is 31.2 Å². The van der Waals surface area contributed by atoms with Crippen LogP contribution < -0.4 is 10.6 Å². The van der Waals surface area contributed by atoms with Crippen LogP contribution in [0.5, 0.6) is 0 Å². The van der Waals surface area contributed by atoms with Crippen molar-refractivity contribution in [1.29, 1.82) is 0 Å². The van der Waals surface area contributed by atoms with Crippen LogP contribution in [0.4, 0.5) is 0 Å². The average molecular weight is 287 g/mol. The van der Waals surface area contributed by atoms with E-state index < -0.39 is 0 Å². The maximum atomic E-state index is 11.7. The smallest absolute Gasteiger partial charge is 0.222 e. The minimum absolute atomic E-state index is 0.0217. The molecule has 1 aliphatic rings. The van der Waals surface area contributed by atoms with Gasteiger partial charge in [0.25, 0.3) is 0 Å². The number of carbonyl (C=O) groups excluding carboxylic acids is 2. The number of hydrogen-bond acceptors (Lipinski definition) is 3. The fraction of sp³-hybridized carbons (Fsp3) is 0.438. The molecule has 0 saturated carbocycles. The van der Waals surface area contributed by atoms with E-state index in [1.54, 1.807) is 12.4 Å². The molecular weight excluding hydrogens is 266 g/mol. The Bertz CT molecular complexity index is 500. The average Bonchev–Trinajstić information content (AvgIpc) is 2.99. The van der Waals surface area contributed by atoms with E-state index in [-0.39, 0.29) is 11.8 Å². The van der Waals surface area contributed by atoms with Gasteiger partial charge in [0.2, 0.25) is 11.8 Å². The lowest BCUT2D eigenvalue weighted by atomic mass is 10.1. The summed E-state index contributed by atoms with van der Waals surface area (Å²) in [5, 5.41) is 5.61. The van der Waals surface area contributed by atoms with Gasteiger partial charge in [-0.15, -0.1) is 0 Å². The van der Waals surface area contributed by atoms with Crippen molar-refractivity contribution >= 4 is 11.8 Å². The van der Waals surface area contributed by atoms with Crippen LogP contribution in [-0.4, -0.2) is 23.3 Å². The number of carbonyl (C=O) groups is 2. The summed E-state index contributed by atoms with van der Waals surface area (Å²) < 4.78 is 0. The third-order valence-electron chi connectivity index (χ3n) is 3.47. The molecule has 0 aromatic carbocycles. The topological polar surface area (TPSA) is 71.1 Å². The van der Waals surface area contributed by atoms with Crippen molar-refractivity contribution in [2.45, 2.75) is 32.2 Å². The minimum Gasteiger partial charge on any atom is -0.356 e. The fourth-order valence-corrected chi connectivity index (χ4v) is 2.28. The molecule has 0 fully saturated rings. The molecule has 112 valence electrons. The molecule has 0 radical (unpaired) electrons. The Morgan fingerprint density at radius 2 is 2.00 bits per heavy atom. The summed E-state index contributed by atoms with van der Waals surface area (Å²) in [6.45, 7) is 0.875. The third kappa shape index (κ3) is 5.77. The van der Waals surface area contributed by atoms with E-state index in [1.807, 2.05) is 12.1 Å². The molecule has 21 heavy (non-hydrogen) atoms. The zero-order valence-corrected chi connectivity index (χ0v) is 12.0. The maximum Gasteiger partial charge on any atom is 0.222 e. The second-order valence-corrected chi connectivity index (χ2v) is 5.20. The Morgan fingerprint density at radius 1 is 1.19 bits per heavy atom. The highest BCUT2D eigenvalue weighted by atomic mass is 16.2. The highest BCUT2D eigenvalue weighted by molar-refractivity contribution is 5.79. The van der Waals surface area contributed by atoms with Crippen molar-refractivity contribution < 1.29 is 9.59 Å². The zero-order valence-electron chi connectivity index (χ0n) is 12.0. The number of pyridine rings is 1. The lowest BCUT2D eigenvalue weighted by Crippen LogP contribution is -2.31. The summed E-state index contributed by atoms with van der Waals surface area (Å²) >= 11 is 0. The van der Waals surface area contributed by atoms with E-state index >= 15 is 0 Å². The van der Waals surface area contributed by atoms with Gasteiger partial charge < -0.3 is 10.6 Å². The summed E-state index contributed by atoms with van der Waals surface area (Å²) in [6.07, 6.45) is 10.5. The Hall–Kier alpha value is -2.17. The molecule has 1 aromatic rings. The van der Waals surface area contributed by atoms with Gasteiger partial charge in [0.1, 0.15) is 0 Å². The highest BCUT2D eigenvalue weighted by Gasteiger charge is 2.13. The summed E-state index contributed by atoms with van der Waals surface area (Å²) in [7, 11) is 0. The van der Waals surface area contributed by atoms with Crippen LogP contribution >= 0.6 is 0 Å². The van der Waals surface area contributed by atoms with Crippen LogP contribution in [0.15, 0.2) is 36.7 Å². The normalized spacial score (nSPS) is 16.7. The van der Waals surface area contributed by atoms with Gasteiger partial charge in [-0.25, -0.2) is 0 Å². The molecule has 2 rings (SSSR count). The summed E-state index contributed by atoms with van der Waals surface area (Å²) in [5.74, 6) is 0.326. The standard InChI is InChI=1S/C16H21N3O2/c20-15(19-12-14-5-8-17-9-6-14)7-10-18-16(21)11-13-3-1-2-4-13/h1,3,5-6,8-9,13H,2,4,7,10-12H2,(H,18,21)(H,19,20)/t13-/m1/s1. The van der Waals surface area contributed by atoms with Gasteiger partial charge in [-0.1, -0.05) is 12.2 Å². The second-order valence-electron chi connectivity index (χ2n) is 5.20. The van der Waals surface area contributed by atoms with Crippen LogP contribution in [0.25, 0.3) is 0 Å². The molecular formula is C16H21N3O2. The van der Waals surface area contributed by atoms with E-state index in [0.717, 1.165) is 18.4 Å². The molecule has 0 spiro atoms. The molecule has 5 nitrogen and oxygen atoms in total. The predicted octanol–water partition coefficient (Wildman–Crippen LogP) is 1.56. The number of hydrogen-bond donors (Lipinski definition) is 2. The predicted molar refractivity (Wildman–Crippen MR) is 80.2 cm³/mol. The van der Waals surface area contributed by atoms with E-state index in [4.69, 9.17) is 0 Å². The Balaban J connectivity index is 1.56. The Kier molecular flexibility index (Phi) is 5.94. The molecule has 0 unspecified atom stereocenters. The molecule has 0 bridgehead atoms. The second kappa shape index (κ2) is 8.19. The first kappa shape index (κ1) is 15.2. The first-order chi connectivity index (χ1) is 10.2. The lowest BCUT2D eigenvalue weighted by molar-refractivity contribution is -0.122. The molecule has 1 aromatic heterocycles. The molecule has 1 atom stereocenters. The van der Waals surface area contributed by atoms with Crippen LogP contribution in [-0.2, 0) is 16.1 Å². The van der Waals surface area contributed by atoms with E-state index in [1.165, 1.54) is 0 Å². The Morgan fingerprint density at radius 3 is 2.71 bits per heavy atom. The van der Waals surface area contributed by atoms with Gasteiger partial charge in [-0.3, -0.25) is 14.6 Å². The number of nitrogens with zero attached hydrogens (tertiary/aromatic N) is 1. The summed E-state index contributed by atoms with van der Waals surface area (Å²) in [6, 6.07) is 3.72. The fourth-order valence-electron chi connectivity index (χ4n) is 2.28. The largest absolute Gasteiger partial charge is 0.356 e. The molecule has 2 N–H and O–H groups in total. The van der Waals surface area contributed by atoms with E-state index in [0.29, 0.717) is 31.8 Å². The molecule has 5 heteroatoms. The molecule has 2 amide bonds. The van der Waals surface area contributed by atoms with E-state index in [2.05, 4.69) is 27.8 Å². The van der Waals surface area contributed by atoms with Crippen molar-refractivity contribution in [3.05, 3.63) is 42.2 Å². The van der Waals surface area contributed by atoms with Gasteiger partial charge in [0.15, 0.2) is 0 Å². The third-order valence-corrected chi connectivity index (χ3v) is 3.47. The number of allylic oxidation sites excluding steroid dienone is 2. The number of nitrogens with one attached hydrogen (secondary N) is 2. The lowest BCUT2D eigenvalue weighted by Gasteiger charge is -2.09. The maximum absolute atomic E-state index is 11.7. The van der Waals surface area contributed by atoms with Crippen molar-refractivity contribution in [3.63, 3.8) is 0 Å². The van der Waals surface area contributed by atoms with Crippen LogP contribution in [0, 0.1) is 5.92 Å². The molecule has 0 aliphatic heterocycles. The first-order valence-electron chi connectivity index (χ1n) is 7.33. The van der Waals surface area contributed by atoms with Crippen molar-refractivity contribution in [1.82, 2.24) is 15.6 Å². The molecule has 1 aliphatic carbocycles. The first-order valence-corrected chi connectivity index (χ1v) is 7.33. The summed E-state index contributed by atoms with van der Waals surface area (Å²) in [4.78, 5) is 27.2. The quantitative estimate of drug-likeness (QED) is 0.748. The molecule has 1 heterocycles. The molecule has 0 saturated heterocycles. The number of rotatable bonds is 7. The van der Waals surface area contributed by atoms with Crippen molar-refractivity contribution in [2.75, 3.05) is 6.54 Å².